The average molecular weight is 307 g/mol. The maximum absolute atomic E-state index is 12.1. The number of methoxy groups -OCH3 is 1. The van der Waals surface area contributed by atoms with Crippen LogP contribution in [0.4, 0.5) is 5.69 Å². The number of carbonyl (C=O) groups excluding carboxylic acids is 1. The van der Waals surface area contributed by atoms with Crippen LogP contribution >= 0.6 is 12.2 Å². The minimum atomic E-state index is -0.149. The van der Waals surface area contributed by atoms with Crippen LogP contribution in [-0.2, 0) is 4.79 Å². The Balaban J connectivity index is 2.62. The van der Waals surface area contributed by atoms with E-state index in [1.54, 1.807) is 30.2 Å². The van der Waals surface area contributed by atoms with E-state index in [0.717, 1.165) is 0 Å². The fourth-order valence-electron chi connectivity index (χ4n) is 1.71. The van der Waals surface area contributed by atoms with Crippen molar-refractivity contribution in [2.45, 2.75) is 6.92 Å². The number of nitrogens with zero attached hydrogens (tertiary/aromatic N) is 1. The van der Waals surface area contributed by atoms with E-state index in [1.165, 1.54) is 0 Å². The second-order valence-corrected chi connectivity index (χ2v) is 4.62. The van der Waals surface area contributed by atoms with E-state index < -0.39 is 0 Å². The number of thiocarbonyl (C=S) groups is 1. The first kappa shape index (κ1) is 17.0. The van der Waals surface area contributed by atoms with E-state index in [4.69, 9.17) is 17.0 Å². The van der Waals surface area contributed by atoms with Gasteiger partial charge >= 0.3 is 0 Å². The molecule has 0 saturated carbocycles. The molecule has 0 spiro atoms. The van der Waals surface area contributed by atoms with Crippen LogP contribution < -0.4 is 15.4 Å². The largest absolute Gasteiger partial charge is 0.495 e. The Labute approximate surface area is 131 Å². The predicted molar refractivity (Wildman–Crippen MR) is 89.7 cm³/mol. The van der Waals surface area contributed by atoms with Crippen LogP contribution in [0.15, 0.2) is 36.9 Å². The van der Waals surface area contributed by atoms with Crippen LogP contribution in [-0.4, -0.2) is 42.7 Å². The Morgan fingerprint density at radius 2 is 2.19 bits per heavy atom. The smallest absolute Gasteiger partial charge is 0.244 e. The number of hydrogen-bond acceptors (Lipinski definition) is 3. The summed E-state index contributed by atoms with van der Waals surface area (Å²) in [4.78, 5) is 13.9. The molecule has 0 unspecified atom stereocenters. The zero-order valence-electron chi connectivity index (χ0n) is 12.4. The monoisotopic (exact) mass is 307 g/mol. The lowest BCUT2D eigenvalue weighted by Crippen LogP contribution is -2.43. The molecule has 0 saturated heterocycles. The molecule has 2 N–H and O–H groups in total. The molecular formula is C15H21N3O2S. The summed E-state index contributed by atoms with van der Waals surface area (Å²) >= 11 is 5.23. The van der Waals surface area contributed by atoms with Crippen LogP contribution in [0.1, 0.15) is 6.92 Å². The van der Waals surface area contributed by atoms with E-state index in [-0.39, 0.29) is 12.5 Å². The van der Waals surface area contributed by atoms with Crippen molar-refractivity contribution < 1.29 is 9.53 Å². The van der Waals surface area contributed by atoms with Crippen molar-refractivity contribution in [1.82, 2.24) is 10.2 Å². The van der Waals surface area contributed by atoms with Crippen LogP contribution in [0.3, 0.4) is 0 Å². The topological polar surface area (TPSA) is 53.6 Å². The first-order valence-corrected chi connectivity index (χ1v) is 7.09. The summed E-state index contributed by atoms with van der Waals surface area (Å²) < 4.78 is 5.20. The molecule has 6 heteroatoms. The van der Waals surface area contributed by atoms with Crippen LogP contribution in [0.2, 0.25) is 0 Å². The first-order chi connectivity index (χ1) is 10.1. The van der Waals surface area contributed by atoms with Crippen molar-refractivity contribution >= 4 is 28.9 Å². The van der Waals surface area contributed by atoms with Gasteiger partial charge in [0.05, 0.1) is 19.3 Å². The molecule has 1 aromatic rings. The van der Waals surface area contributed by atoms with Gasteiger partial charge in [0.2, 0.25) is 5.91 Å². The number of benzene rings is 1. The molecule has 1 rings (SSSR count). The van der Waals surface area contributed by atoms with Crippen molar-refractivity contribution in [1.29, 1.82) is 0 Å². The summed E-state index contributed by atoms with van der Waals surface area (Å²) in [7, 11) is 1.57. The van der Waals surface area contributed by atoms with Crippen molar-refractivity contribution in [3.05, 3.63) is 36.9 Å². The molecule has 0 fully saturated rings. The maximum Gasteiger partial charge on any atom is 0.244 e. The normalized spacial score (nSPS) is 9.62. The number of likely N-dealkylation sites (N-methyl/N-ethyl adjacent to an activating group) is 1. The molecule has 1 amide bonds. The molecule has 21 heavy (non-hydrogen) atoms. The summed E-state index contributed by atoms with van der Waals surface area (Å²) in [6, 6.07) is 7.28. The molecule has 0 aliphatic rings. The van der Waals surface area contributed by atoms with E-state index in [9.17, 15) is 4.79 Å². The number of para-hydroxylation sites is 2. The van der Waals surface area contributed by atoms with Crippen molar-refractivity contribution in [3.8, 4) is 5.75 Å². The van der Waals surface area contributed by atoms with E-state index in [2.05, 4.69) is 17.2 Å². The van der Waals surface area contributed by atoms with Crippen molar-refractivity contribution in [3.63, 3.8) is 0 Å². The minimum absolute atomic E-state index is 0.149. The average Bonchev–Trinajstić information content (AvgIpc) is 2.50. The molecule has 114 valence electrons. The molecule has 0 bridgehead atoms. The zero-order valence-corrected chi connectivity index (χ0v) is 13.2. The third kappa shape index (κ3) is 5.43. The van der Waals surface area contributed by atoms with E-state index in [1.807, 2.05) is 19.1 Å². The standard InChI is InChI=1S/C15H21N3O2S/c1-4-10-16-15(21)18(5-2)11-14(19)17-12-8-6-7-9-13(12)20-3/h4,6-9H,1,5,10-11H2,2-3H3,(H,16,21)(H,17,19). The van der Waals surface area contributed by atoms with Crippen molar-refractivity contribution in [2.24, 2.45) is 0 Å². The minimum Gasteiger partial charge on any atom is -0.495 e. The van der Waals surface area contributed by atoms with Gasteiger partial charge < -0.3 is 20.3 Å². The highest BCUT2D eigenvalue weighted by Crippen LogP contribution is 2.22. The van der Waals surface area contributed by atoms with Gasteiger partial charge in [0.25, 0.3) is 0 Å². The second kappa shape index (κ2) is 8.97. The van der Waals surface area contributed by atoms with Gasteiger partial charge in [-0.2, -0.15) is 0 Å². The fourth-order valence-corrected chi connectivity index (χ4v) is 1.99. The summed E-state index contributed by atoms with van der Waals surface area (Å²) in [5, 5.41) is 6.37. The lowest BCUT2D eigenvalue weighted by molar-refractivity contribution is -0.116. The number of hydrogen-bond donors (Lipinski definition) is 2. The first-order valence-electron chi connectivity index (χ1n) is 6.68. The van der Waals surface area contributed by atoms with Crippen LogP contribution in [0.25, 0.3) is 0 Å². The Morgan fingerprint density at radius 3 is 2.81 bits per heavy atom. The predicted octanol–water partition coefficient (Wildman–Crippen LogP) is 2.02. The maximum atomic E-state index is 12.1. The van der Waals surface area contributed by atoms with Gasteiger partial charge in [-0.3, -0.25) is 4.79 Å². The second-order valence-electron chi connectivity index (χ2n) is 4.24. The van der Waals surface area contributed by atoms with Gasteiger partial charge in [0.1, 0.15) is 5.75 Å². The number of anilines is 1. The molecule has 0 aliphatic heterocycles. The highest BCUT2D eigenvalue weighted by molar-refractivity contribution is 7.80. The lowest BCUT2D eigenvalue weighted by atomic mass is 10.3. The van der Waals surface area contributed by atoms with Gasteiger partial charge in [-0.15, -0.1) is 6.58 Å². The summed E-state index contributed by atoms with van der Waals surface area (Å²) in [5.74, 6) is 0.477. The van der Waals surface area contributed by atoms with E-state index in [0.29, 0.717) is 29.6 Å². The van der Waals surface area contributed by atoms with Gasteiger partial charge in [-0.25, -0.2) is 0 Å². The number of ether oxygens (including phenoxy) is 1. The van der Waals surface area contributed by atoms with Gasteiger partial charge in [-0.05, 0) is 31.3 Å². The quantitative estimate of drug-likeness (QED) is 0.596. The van der Waals surface area contributed by atoms with Crippen LogP contribution in [0.5, 0.6) is 5.75 Å². The Kier molecular flexibility index (Phi) is 7.25. The molecule has 5 nitrogen and oxygen atoms in total. The lowest BCUT2D eigenvalue weighted by Gasteiger charge is -2.23. The highest BCUT2D eigenvalue weighted by Gasteiger charge is 2.13. The molecule has 0 heterocycles. The van der Waals surface area contributed by atoms with Crippen LogP contribution in [0, 0.1) is 0 Å². The summed E-state index contributed by atoms with van der Waals surface area (Å²) in [5.41, 5.74) is 0.644. The number of rotatable bonds is 7. The molecule has 0 aliphatic carbocycles. The number of nitrogens with one attached hydrogen (secondary N) is 2. The van der Waals surface area contributed by atoms with E-state index >= 15 is 0 Å². The molecule has 1 aromatic carbocycles. The third-order valence-electron chi connectivity index (χ3n) is 2.78. The third-order valence-corrected chi connectivity index (χ3v) is 3.18. The molecule has 0 aromatic heterocycles. The Hall–Kier alpha value is -2.08. The fraction of sp³-hybridized carbons (Fsp3) is 0.333. The molecule has 0 atom stereocenters. The SMILES string of the molecule is C=CCNC(=S)N(CC)CC(=O)Nc1ccccc1OC. The zero-order chi connectivity index (χ0) is 15.7. The summed E-state index contributed by atoms with van der Waals surface area (Å²) in [6.07, 6.45) is 1.72. The number of amides is 1. The number of carbonyl (C=O) groups is 1. The van der Waals surface area contributed by atoms with Crippen molar-refractivity contribution in [2.75, 3.05) is 32.1 Å². The van der Waals surface area contributed by atoms with Gasteiger partial charge in [0.15, 0.2) is 5.11 Å². The molecular weight excluding hydrogens is 286 g/mol. The highest BCUT2D eigenvalue weighted by atomic mass is 32.1. The summed E-state index contributed by atoms with van der Waals surface area (Å²) in [6.45, 7) is 6.95. The van der Waals surface area contributed by atoms with Gasteiger partial charge in [0, 0.05) is 13.1 Å². The van der Waals surface area contributed by atoms with Gasteiger partial charge in [-0.1, -0.05) is 18.2 Å². The Bertz CT molecular complexity index is 505. The Morgan fingerprint density at radius 1 is 1.48 bits per heavy atom. The molecule has 0 radical (unpaired) electrons.